The topological polar surface area (TPSA) is 86.8 Å². The van der Waals surface area contributed by atoms with Crippen LogP contribution in [0.1, 0.15) is 33.5 Å². The molecule has 0 spiro atoms. The molecule has 0 radical (unpaired) electrons. The van der Waals surface area contributed by atoms with E-state index in [9.17, 15) is 14.4 Å². The lowest BCUT2D eigenvalue weighted by Gasteiger charge is -2.11. The molecule has 7 heteroatoms. The number of pyridine rings is 1. The van der Waals surface area contributed by atoms with Crippen LogP contribution in [-0.2, 0) is 16.1 Å². The summed E-state index contributed by atoms with van der Waals surface area (Å²) in [5.74, 6) is -1.18. The molecule has 0 bridgehead atoms. The quantitative estimate of drug-likeness (QED) is 0.590. The van der Waals surface area contributed by atoms with E-state index in [2.05, 4.69) is 11.1 Å². The molecule has 132 valence electrons. The summed E-state index contributed by atoms with van der Waals surface area (Å²) in [5.41, 5.74) is 3.44. The minimum atomic E-state index is -0.595. The second kappa shape index (κ2) is 8.46. The molecule has 0 aliphatic carbocycles. The van der Waals surface area contributed by atoms with Gasteiger partial charge < -0.3 is 4.74 Å². The number of halogens is 1. The molecule has 0 atom stereocenters. The summed E-state index contributed by atoms with van der Waals surface area (Å²) in [6.45, 7) is 5.37. The summed E-state index contributed by atoms with van der Waals surface area (Å²) in [5, 5.41) is 18.5. The van der Waals surface area contributed by atoms with Crippen LogP contribution >= 0.6 is 11.8 Å². The maximum atomic E-state index is 13.8. The lowest BCUT2D eigenvalue weighted by atomic mass is 10.1. The van der Waals surface area contributed by atoms with E-state index in [0.29, 0.717) is 10.6 Å². The number of nitrogens with zero attached hydrogens (tertiary/aromatic N) is 3. The van der Waals surface area contributed by atoms with Gasteiger partial charge in [0.2, 0.25) is 0 Å². The van der Waals surface area contributed by atoms with Gasteiger partial charge in [-0.05, 0) is 44.0 Å². The number of rotatable bonds is 5. The highest BCUT2D eigenvalue weighted by molar-refractivity contribution is 7.99. The molecule has 0 N–H and O–H groups in total. The molecule has 2 rings (SSSR count). The third kappa shape index (κ3) is 4.38. The Morgan fingerprint density at radius 1 is 1.23 bits per heavy atom. The Hall–Kier alpha value is -2.90. The Kier molecular flexibility index (Phi) is 6.32. The number of nitriles is 2. The van der Waals surface area contributed by atoms with Crippen molar-refractivity contribution in [1.29, 1.82) is 10.5 Å². The Balaban J connectivity index is 2.00. The van der Waals surface area contributed by atoms with Crippen molar-refractivity contribution in [3.8, 4) is 12.1 Å². The van der Waals surface area contributed by atoms with E-state index in [0.717, 1.165) is 34.6 Å². The van der Waals surface area contributed by atoms with Crippen molar-refractivity contribution in [2.24, 2.45) is 0 Å². The molecule has 0 saturated heterocycles. The molecule has 1 aromatic carbocycles. The van der Waals surface area contributed by atoms with Gasteiger partial charge in [0.05, 0.1) is 22.9 Å². The van der Waals surface area contributed by atoms with Gasteiger partial charge in [0.1, 0.15) is 23.5 Å². The van der Waals surface area contributed by atoms with Crippen molar-refractivity contribution in [2.75, 3.05) is 5.75 Å². The second-order valence-electron chi connectivity index (χ2n) is 5.61. The zero-order valence-corrected chi connectivity index (χ0v) is 15.4. The van der Waals surface area contributed by atoms with E-state index in [-0.39, 0.29) is 23.5 Å². The summed E-state index contributed by atoms with van der Waals surface area (Å²) in [6.07, 6.45) is 0. The molecule has 1 aromatic heterocycles. The van der Waals surface area contributed by atoms with Crippen molar-refractivity contribution < 1.29 is 13.9 Å². The van der Waals surface area contributed by atoms with E-state index >= 15 is 0 Å². The van der Waals surface area contributed by atoms with Crippen LogP contribution in [0.3, 0.4) is 0 Å². The van der Waals surface area contributed by atoms with Gasteiger partial charge in [0.15, 0.2) is 0 Å². The van der Waals surface area contributed by atoms with Crippen molar-refractivity contribution in [2.45, 2.75) is 32.4 Å². The minimum absolute atomic E-state index is 0.0402. The van der Waals surface area contributed by atoms with Crippen molar-refractivity contribution >= 4 is 17.7 Å². The Morgan fingerprint density at radius 2 is 1.96 bits per heavy atom. The number of thioether (sulfide) groups is 1. The number of benzene rings is 1. The van der Waals surface area contributed by atoms with Crippen LogP contribution in [0.5, 0.6) is 0 Å². The third-order valence-corrected chi connectivity index (χ3v) is 4.92. The molecular weight excluding hydrogens is 353 g/mol. The van der Waals surface area contributed by atoms with Gasteiger partial charge in [0, 0.05) is 11.3 Å². The summed E-state index contributed by atoms with van der Waals surface area (Å²) >= 11 is 1.12. The largest absolute Gasteiger partial charge is 0.460 e. The lowest BCUT2D eigenvalue weighted by Crippen LogP contribution is -2.09. The molecule has 5 nitrogen and oxygen atoms in total. The first-order valence-electron chi connectivity index (χ1n) is 7.72. The number of carbonyl (C=O) groups excluding carboxylic acids is 1. The summed E-state index contributed by atoms with van der Waals surface area (Å²) in [4.78, 5) is 16.3. The number of hydrogen-bond acceptors (Lipinski definition) is 6. The van der Waals surface area contributed by atoms with Gasteiger partial charge in [-0.1, -0.05) is 17.8 Å². The highest BCUT2D eigenvalue weighted by Gasteiger charge is 2.15. The van der Waals surface area contributed by atoms with Crippen LogP contribution in [0.25, 0.3) is 0 Å². The molecule has 2 aromatic rings. The van der Waals surface area contributed by atoms with Gasteiger partial charge in [-0.15, -0.1) is 0 Å². The van der Waals surface area contributed by atoms with E-state index < -0.39 is 11.8 Å². The summed E-state index contributed by atoms with van der Waals surface area (Å²) in [6, 6.07) is 7.93. The smallest absolute Gasteiger partial charge is 0.316 e. The molecule has 0 saturated carbocycles. The van der Waals surface area contributed by atoms with Crippen LogP contribution in [0.4, 0.5) is 4.39 Å². The minimum Gasteiger partial charge on any atom is -0.460 e. The third-order valence-electron chi connectivity index (χ3n) is 3.97. The fraction of sp³-hybridized carbons (Fsp3) is 0.263. The van der Waals surface area contributed by atoms with Crippen LogP contribution < -0.4 is 0 Å². The van der Waals surface area contributed by atoms with Crippen molar-refractivity contribution in [3.05, 3.63) is 57.5 Å². The van der Waals surface area contributed by atoms with Gasteiger partial charge in [0.25, 0.3) is 0 Å². The normalized spacial score (nSPS) is 10.1. The Morgan fingerprint density at radius 3 is 2.58 bits per heavy atom. The summed E-state index contributed by atoms with van der Waals surface area (Å²) in [7, 11) is 0. The average Bonchev–Trinajstić information content (AvgIpc) is 2.63. The molecule has 0 fully saturated rings. The van der Waals surface area contributed by atoms with Crippen LogP contribution in [0.2, 0.25) is 0 Å². The highest BCUT2D eigenvalue weighted by atomic mass is 32.2. The molecular formula is C19H16FN3O2S. The Bertz CT molecular complexity index is 945. The molecule has 0 aliphatic heterocycles. The Labute approximate surface area is 155 Å². The lowest BCUT2D eigenvalue weighted by molar-refractivity contribution is -0.141. The average molecular weight is 369 g/mol. The first-order chi connectivity index (χ1) is 12.4. The van der Waals surface area contributed by atoms with Gasteiger partial charge in [-0.25, -0.2) is 9.37 Å². The van der Waals surface area contributed by atoms with E-state index in [1.165, 1.54) is 12.1 Å². The number of esters is 1. The number of aryl methyl sites for hydroxylation is 1. The second-order valence-corrected chi connectivity index (χ2v) is 6.57. The van der Waals surface area contributed by atoms with Gasteiger partial charge in [-0.3, -0.25) is 4.79 Å². The number of ether oxygens (including phenoxy) is 1. The van der Waals surface area contributed by atoms with Crippen LogP contribution in [0, 0.1) is 49.3 Å². The summed E-state index contributed by atoms with van der Waals surface area (Å²) < 4.78 is 18.8. The maximum absolute atomic E-state index is 13.8. The molecule has 0 unspecified atom stereocenters. The van der Waals surface area contributed by atoms with E-state index in [1.54, 1.807) is 0 Å². The predicted molar refractivity (Wildman–Crippen MR) is 94.8 cm³/mol. The SMILES string of the molecule is Cc1nc(SCC(=O)OCc2ccc(C#N)cc2F)c(C#N)c(C)c1C. The first kappa shape index (κ1) is 19.4. The van der Waals surface area contributed by atoms with Crippen molar-refractivity contribution in [3.63, 3.8) is 0 Å². The standard InChI is InChI=1S/C19H16FN3O2S/c1-11-12(2)16(8-22)19(23-13(11)3)26-10-18(24)25-9-15-5-4-14(7-21)6-17(15)20/h4-6H,9-10H2,1-3H3. The molecule has 0 aliphatic rings. The van der Waals surface area contributed by atoms with E-state index in [1.807, 2.05) is 26.8 Å². The molecule has 26 heavy (non-hydrogen) atoms. The number of carbonyl (C=O) groups is 1. The number of aromatic nitrogens is 1. The fourth-order valence-corrected chi connectivity index (χ4v) is 3.09. The molecule has 0 amide bonds. The predicted octanol–water partition coefficient (Wildman–Crippen LogP) is 3.72. The van der Waals surface area contributed by atoms with Crippen LogP contribution in [-0.4, -0.2) is 16.7 Å². The maximum Gasteiger partial charge on any atom is 0.316 e. The zero-order chi connectivity index (χ0) is 19.3. The molecule has 1 heterocycles. The van der Waals surface area contributed by atoms with E-state index in [4.69, 9.17) is 10.00 Å². The number of hydrogen-bond donors (Lipinski definition) is 0. The fourth-order valence-electron chi connectivity index (χ4n) is 2.21. The monoisotopic (exact) mass is 369 g/mol. The van der Waals surface area contributed by atoms with Gasteiger partial charge >= 0.3 is 5.97 Å². The van der Waals surface area contributed by atoms with Crippen LogP contribution in [0.15, 0.2) is 23.2 Å². The first-order valence-corrected chi connectivity index (χ1v) is 8.70. The highest BCUT2D eigenvalue weighted by Crippen LogP contribution is 2.26. The van der Waals surface area contributed by atoms with Gasteiger partial charge in [-0.2, -0.15) is 10.5 Å². The zero-order valence-electron chi connectivity index (χ0n) is 14.6. The van der Waals surface area contributed by atoms with Crippen molar-refractivity contribution in [1.82, 2.24) is 4.98 Å².